The van der Waals surface area contributed by atoms with Crippen LogP contribution in [0.2, 0.25) is 0 Å². The van der Waals surface area contributed by atoms with Crippen molar-refractivity contribution >= 4 is 11.9 Å². The van der Waals surface area contributed by atoms with Gasteiger partial charge in [-0.3, -0.25) is 0 Å². The maximum Gasteiger partial charge on any atom is 0.363 e. The first-order valence-corrected chi connectivity index (χ1v) is 4.26. The number of hydrogen-bond donors (Lipinski definition) is 1. The Morgan fingerprint density at radius 3 is 2.43 bits per heavy atom. The van der Waals surface area contributed by atoms with E-state index in [1.54, 1.807) is 27.7 Å². The van der Waals surface area contributed by atoms with Crippen molar-refractivity contribution in [2.45, 2.75) is 33.3 Å². The maximum atomic E-state index is 11.5. The zero-order valence-corrected chi connectivity index (χ0v) is 8.75. The summed E-state index contributed by atoms with van der Waals surface area (Å²) in [5.41, 5.74) is 4.91. The van der Waals surface area contributed by atoms with Crippen LogP contribution in [-0.2, 0) is 4.74 Å². The summed E-state index contributed by atoms with van der Waals surface area (Å²) in [7, 11) is 0. The highest BCUT2D eigenvalue weighted by molar-refractivity contribution is 5.91. The van der Waals surface area contributed by atoms with Gasteiger partial charge in [0.05, 0.1) is 0 Å². The van der Waals surface area contributed by atoms with Crippen molar-refractivity contribution in [3.05, 3.63) is 11.6 Å². The Bertz CT molecular complexity index is 349. The fourth-order valence-electron chi connectivity index (χ4n) is 0.915. The van der Waals surface area contributed by atoms with E-state index >= 15 is 0 Å². The Morgan fingerprint density at radius 2 is 2.07 bits per heavy atom. The molecule has 0 bridgehead atoms. The van der Waals surface area contributed by atoms with Crippen molar-refractivity contribution in [1.29, 1.82) is 0 Å². The van der Waals surface area contributed by atoms with Crippen LogP contribution in [0.3, 0.4) is 0 Å². The quantitative estimate of drug-likeness (QED) is 0.692. The molecule has 5 nitrogen and oxygen atoms in total. The summed E-state index contributed by atoms with van der Waals surface area (Å²) < 4.78 is 9.99. The Morgan fingerprint density at radius 1 is 1.50 bits per heavy atom. The molecular formula is C9H14N2O3. The molecule has 1 rings (SSSR count). The zero-order chi connectivity index (χ0) is 10.9. The number of hydrogen-bond acceptors (Lipinski definition) is 5. The highest BCUT2D eigenvalue weighted by Crippen LogP contribution is 2.17. The number of carbonyl (C=O) groups excluding carboxylic acids is 1. The summed E-state index contributed by atoms with van der Waals surface area (Å²) in [5, 5.41) is 0. The van der Waals surface area contributed by atoms with Crippen LogP contribution in [0.4, 0.5) is 5.88 Å². The first-order valence-electron chi connectivity index (χ1n) is 4.26. The number of ether oxygens (including phenoxy) is 1. The van der Waals surface area contributed by atoms with Gasteiger partial charge in [0, 0.05) is 6.92 Å². The van der Waals surface area contributed by atoms with Gasteiger partial charge in [-0.1, -0.05) is 0 Å². The molecule has 0 amide bonds. The maximum absolute atomic E-state index is 11.5. The summed E-state index contributed by atoms with van der Waals surface area (Å²) in [4.78, 5) is 15.3. The lowest BCUT2D eigenvalue weighted by Gasteiger charge is -2.18. The minimum absolute atomic E-state index is 0.00301. The van der Waals surface area contributed by atoms with Crippen LogP contribution in [0.15, 0.2) is 4.42 Å². The van der Waals surface area contributed by atoms with Crippen LogP contribution in [-0.4, -0.2) is 16.6 Å². The monoisotopic (exact) mass is 198 g/mol. The minimum atomic E-state index is -0.563. The van der Waals surface area contributed by atoms with E-state index in [2.05, 4.69) is 4.98 Å². The molecule has 0 fully saturated rings. The number of aromatic nitrogens is 1. The molecule has 0 aliphatic carbocycles. The van der Waals surface area contributed by atoms with E-state index in [9.17, 15) is 4.79 Å². The lowest BCUT2D eigenvalue weighted by Crippen LogP contribution is -2.24. The van der Waals surface area contributed by atoms with Crippen molar-refractivity contribution in [1.82, 2.24) is 4.98 Å². The van der Waals surface area contributed by atoms with Crippen molar-refractivity contribution < 1.29 is 13.9 Å². The molecule has 0 unspecified atom stereocenters. The van der Waals surface area contributed by atoms with Crippen molar-refractivity contribution in [3.8, 4) is 0 Å². The van der Waals surface area contributed by atoms with Crippen molar-refractivity contribution in [3.63, 3.8) is 0 Å². The van der Waals surface area contributed by atoms with Crippen LogP contribution in [0.1, 0.15) is 37.2 Å². The summed E-state index contributed by atoms with van der Waals surface area (Å²) >= 11 is 0. The molecule has 0 atom stereocenters. The van der Waals surface area contributed by atoms with Gasteiger partial charge in [-0.25, -0.2) is 9.78 Å². The van der Waals surface area contributed by atoms with Crippen LogP contribution < -0.4 is 5.73 Å². The normalized spacial score (nSPS) is 11.4. The summed E-state index contributed by atoms with van der Waals surface area (Å²) in [6.07, 6.45) is 0. The van der Waals surface area contributed by atoms with E-state index in [0.717, 1.165) is 0 Å². The van der Waals surface area contributed by atoms with Gasteiger partial charge >= 0.3 is 5.97 Å². The second-order valence-corrected chi connectivity index (χ2v) is 3.95. The SMILES string of the molecule is Cc1nc(C(=O)OC(C)(C)C)c(N)o1. The average molecular weight is 198 g/mol. The zero-order valence-electron chi connectivity index (χ0n) is 8.75. The number of oxazole rings is 1. The molecule has 0 aliphatic heterocycles. The minimum Gasteiger partial charge on any atom is -0.455 e. The smallest absolute Gasteiger partial charge is 0.363 e. The topological polar surface area (TPSA) is 78.3 Å². The Hall–Kier alpha value is -1.52. The number of nitrogens with zero attached hydrogens (tertiary/aromatic N) is 1. The third-order valence-corrected chi connectivity index (χ3v) is 1.35. The van der Waals surface area contributed by atoms with E-state index < -0.39 is 11.6 Å². The van der Waals surface area contributed by atoms with E-state index in [0.29, 0.717) is 5.89 Å². The number of nitrogens with two attached hydrogens (primary N) is 1. The van der Waals surface area contributed by atoms with E-state index in [1.165, 1.54) is 0 Å². The molecule has 0 aromatic carbocycles. The second-order valence-electron chi connectivity index (χ2n) is 3.95. The highest BCUT2D eigenvalue weighted by atomic mass is 16.6. The molecule has 1 heterocycles. The predicted octanol–water partition coefficient (Wildman–Crippen LogP) is 1.52. The largest absolute Gasteiger partial charge is 0.455 e. The van der Waals surface area contributed by atoms with Gasteiger partial charge in [-0.05, 0) is 20.8 Å². The number of rotatable bonds is 1. The van der Waals surface area contributed by atoms with Crippen LogP contribution >= 0.6 is 0 Å². The molecule has 0 saturated carbocycles. The summed E-state index contributed by atoms with van der Waals surface area (Å²) in [5.74, 6) is -0.216. The van der Waals surface area contributed by atoms with Crippen molar-refractivity contribution in [2.24, 2.45) is 0 Å². The first-order chi connectivity index (χ1) is 6.29. The van der Waals surface area contributed by atoms with E-state index in [4.69, 9.17) is 14.9 Å². The van der Waals surface area contributed by atoms with Gasteiger partial charge in [0.25, 0.3) is 0 Å². The Kier molecular flexibility index (Phi) is 2.51. The number of nitrogen functional groups attached to an aromatic ring is 1. The van der Waals surface area contributed by atoms with Gasteiger partial charge in [0.1, 0.15) is 5.60 Å². The fraction of sp³-hybridized carbons (Fsp3) is 0.556. The van der Waals surface area contributed by atoms with Crippen LogP contribution in [0.5, 0.6) is 0 Å². The number of aryl methyl sites for hydroxylation is 1. The van der Waals surface area contributed by atoms with E-state index in [-0.39, 0.29) is 11.6 Å². The Labute approximate surface area is 82.2 Å². The lowest BCUT2D eigenvalue weighted by atomic mass is 10.2. The first kappa shape index (κ1) is 10.6. The fourth-order valence-corrected chi connectivity index (χ4v) is 0.915. The molecule has 1 aromatic rings. The molecule has 0 radical (unpaired) electrons. The number of esters is 1. The van der Waals surface area contributed by atoms with Gasteiger partial charge in [0.15, 0.2) is 5.89 Å². The standard InChI is InChI=1S/C9H14N2O3/c1-5-11-6(7(10)13-5)8(12)14-9(2,3)4/h10H2,1-4H3. The molecule has 0 aliphatic rings. The van der Waals surface area contributed by atoms with Gasteiger partial charge < -0.3 is 14.9 Å². The second kappa shape index (κ2) is 3.32. The molecule has 78 valence electrons. The van der Waals surface area contributed by atoms with Crippen LogP contribution in [0, 0.1) is 6.92 Å². The third-order valence-electron chi connectivity index (χ3n) is 1.35. The predicted molar refractivity (Wildman–Crippen MR) is 50.8 cm³/mol. The highest BCUT2D eigenvalue weighted by Gasteiger charge is 2.23. The molecule has 5 heteroatoms. The summed E-state index contributed by atoms with van der Waals surface area (Å²) in [6, 6.07) is 0. The third kappa shape index (κ3) is 2.48. The lowest BCUT2D eigenvalue weighted by molar-refractivity contribution is 0.00643. The Balaban J connectivity index is 2.85. The molecule has 1 aromatic heterocycles. The molecule has 0 spiro atoms. The number of anilines is 1. The summed E-state index contributed by atoms with van der Waals surface area (Å²) in [6.45, 7) is 6.93. The van der Waals surface area contributed by atoms with Gasteiger partial charge in [-0.2, -0.15) is 0 Å². The average Bonchev–Trinajstić information content (AvgIpc) is 2.26. The molecular weight excluding hydrogens is 184 g/mol. The van der Waals surface area contributed by atoms with Crippen LogP contribution in [0.25, 0.3) is 0 Å². The van der Waals surface area contributed by atoms with Gasteiger partial charge in [0.2, 0.25) is 11.6 Å². The van der Waals surface area contributed by atoms with Crippen molar-refractivity contribution in [2.75, 3.05) is 5.73 Å². The molecule has 2 N–H and O–H groups in total. The molecule has 14 heavy (non-hydrogen) atoms. The van der Waals surface area contributed by atoms with E-state index in [1.807, 2.05) is 0 Å². The van der Waals surface area contributed by atoms with Gasteiger partial charge in [-0.15, -0.1) is 0 Å². The molecule has 0 saturated heterocycles. The number of carbonyl (C=O) groups is 1.